The predicted molar refractivity (Wildman–Crippen MR) is 94.1 cm³/mol. The summed E-state index contributed by atoms with van der Waals surface area (Å²) in [5.74, 6) is 0.913. The SMILES string of the molecule is O=C(NCC1CCC1)c1ncn2c1CCC(C(=O)N1CCCCC1)C2. The zero-order valence-corrected chi connectivity index (χ0v) is 14.9. The van der Waals surface area contributed by atoms with Crippen LogP contribution in [0.4, 0.5) is 0 Å². The molecule has 1 unspecified atom stereocenters. The highest BCUT2D eigenvalue weighted by molar-refractivity contribution is 5.93. The van der Waals surface area contributed by atoms with Crippen molar-refractivity contribution >= 4 is 11.8 Å². The third-order valence-electron chi connectivity index (χ3n) is 6.10. The second-order valence-electron chi connectivity index (χ2n) is 7.82. The number of carbonyl (C=O) groups is 2. The molecule has 1 N–H and O–H groups in total. The van der Waals surface area contributed by atoms with Crippen LogP contribution in [-0.4, -0.2) is 45.9 Å². The van der Waals surface area contributed by atoms with Gasteiger partial charge in [-0.3, -0.25) is 9.59 Å². The smallest absolute Gasteiger partial charge is 0.271 e. The van der Waals surface area contributed by atoms with Crippen molar-refractivity contribution in [2.45, 2.75) is 57.9 Å². The van der Waals surface area contributed by atoms with Gasteiger partial charge >= 0.3 is 0 Å². The molecular weight excluding hydrogens is 316 g/mol. The summed E-state index contributed by atoms with van der Waals surface area (Å²) in [4.78, 5) is 31.5. The maximum absolute atomic E-state index is 12.7. The molecule has 2 aliphatic heterocycles. The molecule has 1 aromatic heterocycles. The molecule has 1 aromatic rings. The Morgan fingerprint density at radius 2 is 1.92 bits per heavy atom. The number of carbonyl (C=O) groups excluding carboxylic acids is 2. The summed E-state index contributed by atoms with van der Waals surface area (Å²) >= 11 is 0. The molecule has 0 spiro atoms. The number of piperidine rings is 1. The van der Waals surface area contributed by atoms with E-state index in [2.05, 4.69) is 10.3 Å². The molecule has 6 heteroatoms. The Kier molecular flexibility index (Phi) is 4.77. The normalized spacial score (nSPS) is 23.7. The van der Waals surface area contributed by atoms with Crippen LogP contribution in [0.1, 0.15) is 61.1 Å². The van der Waals surface area contributed by atoms with E-state index < -0.39 is 0 Å². The van der Waals surface area contributed by atoms with E-state index in [4.69, 9.17) is 0 Å². The Hall–Kier alpha value is -1.85. The second kappa shape index (κ2) is 7.18. The molecule has 0 bridgehead atoms. The zero-order valence-electron chi connectivity index (χ0n) is 14.9. The van der Waals surface area contributed by atoms with Crippen LogP contribution in [-0.2, 0) is 17.8 Å². The van der Waals surface area contributed by atoms with Crippen molar-refractivity contribution in [3.05, 3.63) is 17.7 Å². The molecule has 2 amide bonds. The minimum absolute atomic E-state index is 0.0330. The highest BCUT2D eigenvalue weighted by Crippen LogP contribution is 2.27. The van der Waals surface area contributed by atoms with E-state index in [1.807, 2.05) is 9.47 Å². The van der Waals surface area contributed by atoms with E-state index >= 15 is 0 Å². The number of hydrogen-bond donors (Lipinski definition) is 1. The van der Waals surface area contributed by atoms with Crippen LogP contribution in [0.3, 0.4) is 0 Å². The Morgan fingerprint density at radius 3 is 2.64 bits per heavy atom. The first kappa shape index (κ1) is 16.6. The number of rotatable bonds is 4. The number of imidazole rings is 1. The van der Waals surface area contributed by atoms with Crippen LogP contribution in [0.25, 0.3) is 0 Å². The minimum Gasteiger partial charge on any atom is -0.350 e. The number of nitrogens with zero attached hydrogens (tertiary/aromatic N) is 3. The lowest BCUT2D eigenvalue weighted by Gasteiger charge is -2.32. The maximum Gasteiger partial charge on any atom is 0.271 e. The average molecular weight is 344 g/mol. The van der Waals surface area contributed by atoms with Gasteiger partial charge in [-0.25, -0.2) is 4.98 Å². The first-order chi connectivity index (χ1) is 12.2. The first-order valence-electron chi connectivity index (χ1n) is 9.83. The standard InChI is InChI=1S/C19H28N4O2/c24-18(20-11-14-5-4-6-14)17-16-8-7-15(12-23(16)13-21-17)19(25)22-9-2-1-3-10-22/h13-15H,1-12H2,(H,20,24). The molecule has 1 aliphatic carbocycles. The van der Waals surface area contributed by atoms with Crippen LogP contribution < -0.4 is 5.32 Å². The van der Waals surface area contributed by atoms with E-state index in [0.29, 0.717) is 18.2 Å². The largest absolute Gasteiger partial charge is 0.350 e. The summed E-state index contributed by atoms with van der Waals surface area (Å²) in [6.07, 6.45) is 10.5. The van der Waals surface area contributed by atoms with E-state index in [1.165, 1.54) is 25.7 Å². The van der Waals surface area contributed by atoms with Crippen molar-refractivity contribution < 1.29 is 9.59 Å². The van der Waals surface area contributed by atoms with Crippen LogP contribution in [0, 0.1) is 11.8 Å². The summed E-state index contributed by atoms with van der Waals surface area (Å²) in [5.41, 5.74) is 1.55. The molecule has 1 saturated heterocycles. The predicted octanol–water partition coefficient (Wildman–Crippen LogP) is 1.99. The lowest BCUT2D eigenvalue weighted by Crippen LogP contribution is -2.42. The van der Waals surface area contributed by atoms with Crippen molar-refractivity contribution in [2.24, 2.45) is 11.8 Å². The van der Waals surface area contributed by atoms with Gasteiger partial charge in [-0.15, -0.1) is 0 Å². The average Bonchev–Trinajstić information content (AvgIpc) is 3.03. The number of hydrogen-bond acceptors (Lipinski definition) is 3. The Balaban J connectivity index is 1.38. The molecule has 0 radical (unpaired) electrons. The molecule has 6 nitrogen and oxygen atoms in total. The fourth-order valence-electron chi connectivity index (χ4n) is 4.25. The number of fused-ring (bicyclic) bond motifs is 1. The van der Waals surface area contributed by atoms with Gasteiger partial charge in [0.15, 0.2) is 0 Å². The molecular formula is C19H28N4O2. The second-order valence-corrected chi connectivity index (χ2v) is 7.82. The Labute approximate surface area is 149 Å². The molecule has 1 atom stereocenters. The van der Waals surface area contributed by atoms with E-state index in [0.717, 1.165) is 51.0 Å². The van der Waals surface area contributed by atoms with Crippen LogP contribution in [0.15, 0.2) is 6.33 Å². The topological polar surface area (TPSA) is 67.2 Å². The number of nitrogens with one attached hydrogen (secondary N) is 1. The van der Waals surface area contributed by atoms with E-state index in [9.17, 15) is 9.59 Å². The fourth-order valence-corrected chi connectivity index (χ4v) is 4.25. The van der Waals surface area contributed by atoms with Crippen molar-refractivity contribution in [3.63, 3.8) is 0 Å². The van der Waals surface area contributed by atoms with E-state index in [-0.39, 0.29) is 17.7 Å². The Bertz CT molecular complexity index is 644. The van der Waals surface area contributed by atoms with Gasteiger partial charge in [-0.2, -0.15) is 0 Å². The summed E-state index contributed by atoms with van der Waals surface area (Å²) in [6.45, 7) is 3.23. The third-order valence-corrected chi connectivity index (χ3v) is 6.10. The van der Waals surface area contributed by atoms with Gasteiger partial charge in [0.1, 0.15) is 5.69 Å². The zero-order chi connectivity index (χ0) is 17.2. The fraction of sp³-hybridized carbons (Fsp3) is 0.737. The van der Waals surface area contributed by atoms with Gasteiger partial charge in [0, 0.05) is 26.2 Å². The molecule has 136 valence electrons. The first-order valence-corrected chi connectivity index (χ1v) is 9.83. The van der Waals surface area contributed by atoms with Gasteiger partial charge in [-0.05, 0) is 50.9 Å². The highest BCUT2D eigenvalue weighted by atomic mass is 16.2. The van der Waals surface area contributed by atoms with Crippen molar-refractivity contribution in [3.8, 4) is 0 Å². The molecule has 25 heavy (non-hydrogen) atoms. The summed E-state index contributed by atoms with van der Waals surface area (Å²) in [5, 5.41) is 3.03. The van der Waals surface area contributed by atoms with Gasteiger partial charge in [-0.1, -0.05) is 6.42 Å². The molecule has 3 heterocycles. The molecule has 1 saturated carbocycles. The van der Waals surface area contributed by atoms with Crippen LogP contribution in [0.5, 0.6) is 0 Å². The maximum atomic E-state index is 12.7. The third kappa shape index (κ3) is 3.44. The summed E-state index contributed by atoms with van der Waals surface area (Å²) in [6, 6.07) is 0. The lowest BCUT2D eigenvalue weighted by atomic mass is 9.85. The summed E-state index contributed by atoms with van der Waals surface area (Å²) < 4.78 is 2.02. The van der Waals surface area contributed by atoms with Gasteiger partial charge in [0.25, 0.3) is 5.91 Å². The van der Waals surface area contributed by atoms with Crippen molar-refractivity contribution in [2.75, 3.05) is 19.6 Å². The number of amides is 2. The van der Waals surface area contributed by atoms with Gasteiger partial charge < -0.3 is 14.8 Å². The number of likely N-dealkylation sites (tertiary alicyclic amines) is 1. The highest BCUT2D eigenvalue weighted by Gasteiger charge is 2.31. The molecule has 4 rings (SSSR count). The summed E-state index contributed by atoms with van der Waals surface area (Å²) in [7, 11) is 0. The lowest BCUT2D eigenvalue weighted by molar-refractivity contribution is -0.137. The van der Waals surface area contributed by atoms with Gasteiger partial charge in [0.2, 0.25) is 5.91 Å². The molecule has 3 aliphatic rings. The van der Waals surface area contributed by atoms with Crippen molar-refractivity contribution in [1.29, 1.82) is 0 Å². The molecule has 0 aromatic carbocycles. The number of aromatic nitrogens is 2. The molecule has 2 fully saturated rings. The van der Waals surface area contributed by atoms with Crippen molar-refractivity contribution in [1.82, 2.24) is 19.8 Å². The van der Waals surface area contributed by atoms with Crippen LogP contribution in [0.2, 0.25) is 0 Å². The van der Waals surface area contributed by atoms with Crippen LogP contribution >= 0.6 is 0 Å². The Morgan fingerprint density at radius 1 is 1.12 bits per heavy atom. The minimum atomic E-state index is -0.0542. The monoisotopic (exact) mass is 344 g/mol. The quantitative estimate of drug-likeness (QED) is 0.908. The van der Waals surface area contributed by atoms with E-state index in [1.54, 1.807) is 6.33 Å². The van der Waals surface area contributed by atoms with Gasteiger partial charge in [0.05, 0.1) is 17.9 Å².